The molecule has 0 radical (unpaired) electrons. The second kappa shape index (κ2) is 9.11. The molecule has 0 aliphatic heterocycles. The largest absolute Gasteiger partial charge is 0.395 e. The van der Waals surface area contributed by atoms with Gasteiger partial charge < -0.3 is 15.2 Å². The van der Waals surface area contributed by atoms with Crippen molar-refractivity contribution in [3.05, 3.63) is 53.1 Å². The van der Waals surface area contributed by atoms with Crippen molar-refractivity contribution >= 4 is 0 Å². The van der Waals surface area contributed by atoms with Crippen molar-refractivity contribution in [1.82, 2.24) is 14.9 Å². The maximum absolute atomic E-state index is 9.26. The molecule has 1 aromatic heterocycles. The second-order valence-corrected chi connectivity index (χ2v) is 5.40. The summed E-state index contributed by atoms with van der Waals surface area (Å²) in [5, 5.41) is 18.0. The SMILES string of the molecule is Cc1ncc(CN(CCO)Cc2ccc(C#CCCO)cc2)[nH]1. The van der Waals surface area contributed by atoms with E-state index in [9.17, 15) is 5.11 Å². The second-order valence-electron chi connectivity index (χ2n) is 5.40. The quantitative estimate of drug-likeness (QED) is 0.677. The van der Waals surface area contributed by atoms with Gasteiger partial charge >= 0.3 is 0 Å². The van der Waals surface area contributed by atoms with Gasteiger partial charge in [0.15, 0.2) is 0 Å². The van der Waals surface area contributed by atoms with Crippen molar-refractivity contribution in [2.45, 2.75) is 26.4 Å². The fraction of sp³-hybridized carbons (Fsp3) is 0.389. The van der Waals surface area contributed by atoms with Crippen molar-refractivity contribution in [3.63, 3.8) is 0 Å². The van der Waals surface area contributed by atoms with Gasteiger partial charge in [0.2, 0.25) is 0 Å². The number of aliphatic hydroxyl groups excluding tert-OH is 2. The molecule has 0 atom stereocenters. The van der Waals surface area contributed by atoms with Crippen LogP contribution in [-0.4, -0.2) is 44.8 Å². The summed E-state index contributed by atoms with van der Waals surface area (Å²) in [6, 6.07) is 8.06. The van der Waals surface area contributed by atoms with Crippen molar-refractivity contribution in [2.75, 3.05) is 19.8 Å². The van der Waals surface area contributed by atoms with Gasteiger partial charge in [-0.05, 0) is 24.6 Å². The number of nitrogens with zero attached hydrogens (tertiary/aromatic N) is 2. The third-order valence-electron chi connectivity index (χ3n) is 3.40. The highest BCUT2D eigenvalue weighted by molar-refractivity contribution is 5.36. The molecule has 23 heavy (non-hydrogen) atoms. The molecule has 0 unspecified atom stereocenters. The lowest BCUT2D eigenvalue weighted by atomic mass is 10.1. The maximum Gasteiger partial charge on any atom is 0.103 e. The minimum atomic E-state index is 0.0915. The van der Waals surface area contributed by atoms with Crippen LogP contribution in [0.4, 0.5) is 0 Å². The number of aromatic amines is 1. The van der Waals surface area contributed by atoms with Crippen LogP contribution in [0.3, 0.4) is 0 Å². The van der Waals surface area contributed by atoms with Gasteiger partial charge in [0.25, 0.3) is 0 Å². The van der Waals surface area contributed by atoms with Crippen LogP contribution in [0.2, 0.25) is 0 Å². The number of hydrogen-bond donors (Lipinski definition) is 3. The topological polar surface area (TPSA) is 72.4 Å². The number of nitrogens with one attached hydrogen (secondary N) is 1. The monoisotopic (exact) mass is 313 g/mol. The van der Waals surface area contributed by atoms with Crippen molar-refractivity contribution in [2.24, 2.45) is 0 Å². The molecule has 0 fully saturated rings. The van der Waals surface area contributed by atoms with E-state index in [1.807, 2.05) is 37.4 Å². The molecule has 0 aliphatic rings. The molecular formula is C18H23N3O2. The Labute approximate surface area is 137 Å². The van der Waals surface area contributed by atoms with Crippen LogP contribution < -0.4 is 0 Å². The van der Waals surface area contributed by atoms with E-state index in [0.717, 1.165) is 30.2 Å². The average Bonchev–Trinajstić information content (AvgIpc) is 2.94. The van der Waals surface area contributed by atoms with Crippen molar-refractivity contribution < 1.29 is 10.2 Å². The molecule has 5 nitrogen and oxygen atoms in total. The zero-order valence-electron chi connectivity index (χ0n) is 13.4. The first kappa shape index (κ1) is 17.2. The fourth-order valence-electron chi connectivity index (χ4n) is 2.32. The van der Waals surface area contributed by atoms with Gasteiger partial charge in [0.05, 0.1) is 13.2 Å². The minimum absolute atomic E-state index is 0.0915. The maximum atomic E-state index is 9.26. The summed E-state index contributed by atoms with van der Waals surface area (Å²) in [6.07, 6.45) is 2.33. The van der Waals surface area contributed by atoms with Gasteiger partial charge in [0, 0.05) is 43.5 Å². The molecule has 2 aromatic rings. The van der Waals surface area contributed by atoms with Crippen LogP contribution in [0.5, 0.6) is 0 Å². The number of aryl methyl sites for hydroxylation is 1. The Morgan fingerprint density at radius 2 is 1.91 bits per heavy atom. The van der Waals surface area contributed by atoms with Gasteiger partial charge in [-0.25, -0.2) is 4.98 Å². The van der Waals surface area contributed by atoms with Gasteiger partial charge in [-0.2, -0.15) is 0 Å². The van der Waals surface area contributed by atoms with Gasteiger partial charge in [-0.15, -0.1) is 0 Å². The standard InChI is InChI=1S/C18H23N3O2/c1-15-19-12-18(20-15)14-21(9-11-23)13-17-7-5-16(6-8-17)4-2-3-10-22/h5-8,12,22-23H,3,9-11,13-14H2,1H3,(H,19,20). The number of H-pyrrole nitrogens is 1. The Kier molecular flexibility index (Phi) is 6.82. The average molecular weight is 313 g/mol. The summed E-state index contributed by atoms with van der Waals surface area (Å²) in [7, 11) is 0. The normalized spacial score (nSPS) is 10.6. The van der Waals surface area contributed by atoms with Gasteiger partial charge in [0.1, 0.15) is 5.82 Å². The summed E-state index contributed by atoms with van der Waals surface area (Å²) in [6.45, 7) is 4.22. The first-order valence-corrected chi connectivity index (χ1v) is 7.73. The lowest BCUT2D eigenvalue weighted by Gasteiger charge is -2.20. The summed E-state index contributed by atoms with van der Waals surface area (Å²) >= 11 is 0. The molecule has 1 aromatic carbocycles. The van der Waals surface area contributed by atoms with Crippen LogP contribution in [0.1, 0.15) is 29.1 Å². The molecule has 0 aliphatic carbocycles. The van der Waals surface area contributed by atoms with Gasteiger partial charge in [-0.1, -0.05) is 24.0 Å². The van der Waals surface area contributed by atoms with E-state index < -0.39 is 0 Å². The molecule has 0 spiro atoms. The molecule has 3 N–H and O–H groups in total. The molecule has 122 valence electrons. The summed E-state index contributed by atoms with van der Waals surface area (Å²) in [5.74, 6) is 6.83. The number of aliphatic hydroxyl groups is 2. The first-order chi connectivity index (χ1) is 11.2. The third kappa shape index (κ3) is 5.87. The molecule has 0 bridgehead atoms. The summed E-state index contributed by atoms with van der Waals surface area (Å²) in [5.41, 5.74) is 3.16. The Bertz CT molecular complexity index is 653. The molecule has 0 saturated carbocycles. The molecular weight excluding hydrogens is 290 g/mol. The van der Waals surface area contributed by atoms with E-state index in [-0.39, 0.29) is 13.2 Å². The smallest absolute Gasteiger partial charge is 0.103 e. The number of aromatic nitrogens is 2. The first-order valence-electron chi connectivity index (χ1n) is 7.73. The molecule has 2 rings (SSSR count). The predicted octanol–water partition coefficient (Wildman–Crippen LogP) is 1.45. The predicted molar refractivity (Wildman–Crippen MR) is 89.5 cm³/mol. The lowest BCUT2D eigenvalue weighted by Crippen LogP contribution is -2.26. The van der Waals surface area contributed by atoms with E-state index in [1.54, 1.807) is 0 Å². The Morgan fingerprint density at radius 3 is 2.52 bits per heavy atom. The highest BCUT2D eigenvalue weighted by Gasteiger charge is 2.08. The van der Waals surface area contributed by atoms with Crippen LogP contribution in [-0.2, 0) is 13.1 Å². The third-order valence-corrected chi connectivity index (χ3v) is 3.40. The minimum Gasteiger partial charge on any atom is -0.395 e. The van der Waals surface area contributed by atoms with Crippen LogP contribution in [0.15, 0.2) is 30.5 Å². The summed E-state index contributed by atoms with van der Waals surface area (Å²) < 4.78 is 0. The van der Waals surface area contributed by atoms with Crippen LogP contribution >= 0.6 is 0 Å². The molecule has 0 saturated heterocycles. The zero-order valence-corrected chi connectivity index (χ0v) is 13.4. The van der Waals surface area contributed by atoms with E-state index >= 15 is 0 Å². The molecule has 1 heterocycles. The highest BCUT2D eigenvalue weighted by atomic mass is 16.3. The number of rotatable bonds is 7. The Hall–Kier alpha value is -2.13. The lowest BCUT2D eigenvalue weighted by molar-refractivity contribution is 0.183. The van der Waals surface area contributed by atoms with Crippen LogP contribution in [0, 0.1) is 18.8 Å². The van der Waals surface area contributed by atoms with E-state index in [1.165, 1.54) is 5.56 Å². The van der Waals surface area contributed by atoms with Crippen molar-refractivity contribution in [1.29, 1.82) is 0 Å². The van der Waals surface area contributed by atoms with Gasteiger partial charge in [-0.3, -0.25) is 4.90 Å². The molecule has 5 heteroatoms. The number of benzene rings is 1. The number of imidazole rings is 1. The zero-order chi connectivity index (χ0) is 16.5. The highest BCUT2D eigenvalue weighted by Crippen LogP contribution is 2.10. The van der Waals surface area contributed by atoms with Crippen LogP contribution in [0.25, 0.3) is 0 Å². The van der Waals surface area contributed by atoms with E-state index in [4.69, 9.17) is 5.11 Å². The Morgan fingerprint density at radius 1 is 1.13 bits per heavy atom. The Balaban J connectivity index is 1.98. The van der Waals surface area contributed by atoms with E-state index in [0.29, 0.717) is 13.0 Å². The number of hydrogen-bond acceptors (Lipinski definition) is 4. The summed E-state index contributed by atoms with van der Waals surface area (Å²) in [4.78, 5) is 9.59. The molecule has 0 amide bonds. The van der Waals surface area contributed by atoms with Crippen molar-refractivity contribution in [3.8, 4) is 11.8 Å². The van der Waals surface area contributed by atoms with E-state index in [2.05, 4.69) is 26.7 Å². The fourth-order valence-corrected chi connectivity index (χ4v) is 2.32.